The molecule has 2 aromatic heterocycles. The second-order valence-electron chi connectivity index (χ2n) is 7.86. The third kappa shape index (κ3) is 5.92. The summed E-state index contributed by atoms with van der Waals surface area (Å²) in [5, 5.41) is 13.8. The van der Waals surface area contributed by atoms with Gasteiger partial charge in [-0.15, -0.1) is 0 Å². The summed E-state index contributed by atoms with van der Waals surface area (Å²) in [4.78, 5) is 8.54. The van der Waals surface area contributed by atoms with Crippen LogP contribution in [0.25, 0.3) is 11.3 Å². The predicted octanol–water partition coefficient (Wildman–Crippen LogP) is 2.11. The van der Waals surface area contributed by atoms with Crippen molar-refractivity contribution in [2.24, 2.45) is 7.05 Å². The number of aryl methyl sites for hydroxylation is 2. The van der Waals surface area contributed by atoms with E-state index in [1.165, 1.54) is 17.1 Å². The average molecular weight is 447 g/mol. The van der Waals surface area contributed by atoms with Crippen LogP contribution in [0, 0.1) is 6.92 Å². The van der Waals surface area contributed by atoms with Crippen LogP contribution in [-0.2, 0) is 17.1 Å². The predicted molar refractivity (Wildman–Crippen MR) is 117 cm³/mol. The van der Waals surface area contributed by atoms with Crippen LogP contribution in [0.15, 0.2) is 41.6 Å². The van der Waals surface area contributed by atoms with Crippen molar-refractivity contribution in [1.82, 2.24) is 19.7 Å². The number of anilines is 2. The van der Waals surface area contributed by atoms with E-state index >= 15 is 0 Å². The number of sulfonamides is 1. The Morgan fingerprint density at radius 1 is 1.26 bits per heavy atom. The number of hydrogen-bond acceptors (Lipinski definition) is 8. The molecule has 0 fully saturated rings. The van der Waals surface area contributed by atoms with Gasteiger partial charge in [-0.05, 0) is 38.5 Å². The van der Waals surface area contributed by atoms with Gasteiger partial charge in [-0.1, -0.05) is 6.07 Å². The van der Waals surface area contributed by atoms with Gasteiger partial charge in [0.1, 0.15) is 4.90 Å². The van der Waals surface area contributed by atoms with Crippen LogP contribution in [-0.4, -0.2) is 45.5 Å². The molecule has 166 valence electrons. The number of nitrogen functional groups attached to an aromatic ring is 1. The van der Waals surface area contributed by atoms with Gasteiger partial charge in [0.25, 0.3) is 10.0 Å². The van der Waals surface area contributed by atoms with E-state index in [-0.39, 0.29) is 23.3 Å². The van der Waals surface area contributed by atoms with E-state index in [0.29, 0.717) is 17.8 Å². The molecule has 0 aliphatic heterocycles. The Bertz CT molecular complexity index is 1180. The van der Waals surface area contributed by atoms with Crippen molar-refractivity contribution in [3.63, 3.8) is 0 Å². The molecule has 10 nitrogen and oxygen atoms in total. The maximum atomic E-state index is 12.7. The van der Waals surface area contributed by atoms with E-state index in [1.54, 1.807) is 45.2 Å². The van der Waals surface area contributed by atoms with E-state index in [0.717, 1.165) is 11.1 Å². The van der Waals surface area contributed by atoms with Crippen LogP contribution < -0.4 is 15.2 Å². The van der Waals surface area contributed by atoms with Gasteiger partial charge in [-0.2, -0.15) is 10.1 Å². The molecule has 0 aliphatic carbocycles. The number of nitrogens with two attached hydrogens (primary N) is 1. The number of hydrogen-bond donors (Lipinski definition) is 3. The molecule has 0 saturated heterocycles. The maximum Gasteiger partial charge on any atom is 0.267 e. The molecular weight excluding hydrogens is 420 g/mol. The van der Waals surface area contributed by atoms with Gasteiger partial charge in [-0.25, -0.2) is 18.1 Å². The van der Waals surface area contributed by atoms with Crippen molar-refractivity contribution in [3.8, 4) is 17.1 Å². The molecule has 0 saturated carbocycles. The largest absolute Gasteiger partial charge is 0.477 e. The quantitative estimate of drug-likeness (QED) is 0.446. The molecule has 31 heavy (non-hydrogen) atoms. The summed E-state index contributed by atoms with van der Waals surface area (Å²) in [6.07, 6.45) is 2.97. The first-order valence-corrected chi connectivity index (χ1v) is 11.0. The van der Waals surface area contributed by atoms with Crippen molar-refractivity contribution in [2.75, 3.05) is 17.1 Å². The molecule has 0 unspecified atom stereocenters. The fourth-order valence-electron chi connectivity index (χ4n) is 2.78. The zero-order valence-corrected chi connectivity index (χ0v) is 18.6. The molecule has 0 aliphatic rings. The molecule has 1 aromatic carbocycles. The molecule has 0 bridgehead atoms. The molecular formula is C20H26N6O4S. The third-order valence-corrected chi connectivity index (χ3v) is 5.69. The first-order valence-electron chi connectivity index (χ1n) is 9.55. The van der Waals surface area contributed by atoms with Gasteiger partial charge in [0.05, 0.1) is 24.1 Å². The minimum atomic E-state index is -3.94. The van der Waals surface area contributed by atoms with Crippen molar-refractivity contribution >= 4 is 21.7 Å². The third-order valence-electron chi connectivity index (χ3n) is 4.41. The SMILES string of the molecule is Cc1cc(N)ccc1-c1cc(OCCC(C)(C)O)nc(NS(=O)(=O)c2cnn(C)c2)n1. The molecule has 11 heteroatoms. The van der Waals surface area contributed by atoms with E-state index in [4.69, 9.17) is 10.5 Å². The van der Waals surface area contributed by atoms with E-state index in [2.05, 4.69) is 19.8 Å². The summed E-state index contributed by atoms with van der Waals surface area (Å²) in [7, 11) is -2.32. The highest BCUT2D eigenvalue weighted by Gasteiger charge is 2.20. The highest BCUT2D eigenvalue weighted by molar-refractivity contribution is 7.92. The standard InChI is InChI=1S/C20H26N6O4S/c1-13-9-14(21)5-6-16(13)17-10-18(30-8-7-20(2,3)27)24-19(23-17)25-31(28,29)15-11-22-26(4)12-15/h5-6,9-12,27H,7-8,21H2,1-4H3,(H,23,24,25). The fourth-order valence-corrected chi connectivity index (χ4v) is 3.71. The Hall–Kier alpha value is -3.18. The molecule has 0 atom stereocenters. The summed E-state index contributed by atoms with van der Waals surface area (Å²) in [6.45, 7) is 5.41. The number of rotatable bonds is 8. The normalized spacial score (nSPS) is 12.0. The van der Waals surface area contributed by atoms with Crippen LogP contribution in [0.1, 0.15) is 25.8 Å². The average Bonchev–Trinajstić information content (AvgIpc) is 3.07. The van der Waals surface area contributed by atoms with E-state index in [9.17, 15) is 13.5 Å². The van der Waals surface area contributed by atoms with Gasteiger partial charge in [0, 0.05) is 37.0 Å². The number of aromatic nitrogens is 4. The Balaban J connectivity index is 1.98. The molecule has 3 rings (SSSR count). The molecule has 0 spiro atoms. The number of aliphatic hydroxyl groups is 1. The minimum Gasteiger partial charge on any atom is -0.477 e. The molecule has 3 aromatic rings. The lowest BCUT2D eigenvalue weighted by Crippen LogP contribution is -2.22. The topological polar surface area (TPSA) is 145 Å². The Morgan fingerprint density at radius 2 is 2.00 bits per heavy atom. The maximum absolute atomic E-state index is 12.7. The lowest BCUT2D eigenvalue weighted by molar-refractivity contribution is 0.0547. The summed E-state index contributed by atoms with van der Waals surface area (Å²) < 4.78 is 34.8. The Morgan fingerprint density at radius 3 is 2.61 bits per heavy atom. The zero-order valence-electron chi connectivity index (χ0n) is 17.8. The molecule has 2 heterocycles. The van der Waals surface area contributed by atoms with Crippen molar-refractivity contribution < 1.29 is 18.3 Å². The summed E-state index contributed by atoms with van der Waals surface area (Å²) >= 11 is 0. The second-order valence-corrected chi connectivity index (χ2v) is 9.54. The van der Waals surface area contributed by atoms with Crippen LogP contribution >= 0.6 is 0 Å². The van der Waals surface area contributed by atoms with Gasteiger partial charge >= 0.3 is 0 Å². The Labute approximate surface area is 181 Å². The van der Waals surface area contributed by atoms with Crippen molar-refractivity contribution in [1.29, 1.82) is 0 Å². The van der Waals surface area contributed by atoms with E-state index < -0.39 is 15.6 Å². The summed E-state index contributed by atoms with van der Waals surface area (Å²) in [5.74, 6) is 0.0326. The highest BCUT2D eigenvalue weighted by Crippen LogP contribution is 2.28. The lowest BCUT2D eigenvalue weighted by Gasteiger charge is -2.17. The van der Waals surface area contributed by atoms with Crippen LogP contribution in [0.3, 0.4) is 0 Å². The monoisotopic (exact) mass is 446 g/mol. The lowest BCUT2D eigenvalue weighted by atomic mass is 10.0. The smallest absolute Gasteiger partial charge is 0.267 e. The van der Waals surface area contributed by atoms with Gasteiger partial charge < -0.3 is 15.6 Å². The van der Waals surface area contributed by atoms with Crippen LogP contribution in [0.4, 0.5) is 11.6 Å². The number of ether oxygens (including phenoxy) is 1. The Kier molecular flexibility index (Phi) is 6.18. The molecule has 0 radical (unpaired) electrons. The fraction of sp³-hybridized carbons (Fsp3) is 0.350. The second kappa shape index (κ2) is 8.52. The first-order chi connectivity index (χ1) is 14.4. The van der Waals surface area contributed by atoms with Crippen molar-refractivity contribution in [2.45, 2.75) is 37.7 Å². The summed E-state index contributed by atoms with van der Waals surface area (Å²) in [5.41, 5.74) is 7.62. The molecule has 4 N–H and O–H groups in total. The highest BCUT2D eigenvalue weighted by atomic mass is 32.2. The van der Waals surface area contributed by atoms with E-state index in [1.807, 2.05) is 6.92 Å². The first kappa shape index (κ1) is 22.5. The van der Waals surface area contributed by atoms with Gasteiger partial charge in [0.2, 0.25) is 11.8 Å². The van der Waals surface area contributed by atoms with Gasteiger partial charge in [-0.3, -0.25) is 4.68 Å². The summed E-state index contributed by atoms with van der Waals surface area (Å²) in [6, 6.07) is 6.95. The van der Waals surface area contributed by atoms with Crippen molar-refractivity contribution in [3.05, 3.63) is 42.2 Å². The van der Waals surface area contributed by atoms with Gasteiger partial charge in [0.15, 0.2) is 0 Å². The number of benzene rings is 1. The minimum absolute atomic E-state index is 0.0165. The zero-order chi connectivity index (χ0) is 22.8. The van der Waals surface area contributed by atoms with Crippen LogP contribution in [0.5, 0.6) is 5.88 Å². The molecule has 0 amide bonds. The number of nitrogens with zero attached hydrogens (tertiary/aromatic N) is 4. The number of nitrogens with one attached hydrogen (secondary N) is 1. The van der Waals surface area contributed by atoms with Crippen LogP contribution in [0.2, 0.25) is 0 Å².